The van der Waals surface area contributed by atoms with Crippen LogP contribution in [0.15, 0.2) is 42.5 Å². The molecule has 2 aromatic carbocycles. The van der Waals surface area contributed by atoms with Crippen molar-refractivity contribution in [3.63, 3.8) is 0 Å². The molecule has 0 fully saturated rings. The number of hydrogen-bond acceptors (Lipinski definition) is 1. The van der Waals surface area contributed by atoms with Crippen LogP contribution in [0.4, 0.5) is 15.8 Å². The van der Waals surface area contributed by atoms with Gasteiger partial charge in [-0.2, -0.15) is 0 Å². The van der Waals surface area contributed by atoms with Gasteiger partial charge < -0.3 is 5.32 Å². The van der Waals surface area contributed by atoms with Gasteiger partial charge in [-0.3, -0.25) is 0 Å². The van der Waals surface area contributed by atoms with E-state index in [0.29, 0.717) is 11.8 Å². The molecule has 0 saturated carbocycles. The molecule has 0 bridgehead atoms. The lowest BCUT2D eigenvalue weighted by Gasteiger charge is -2.21. The van der Waals surface area contributed by atoms with Crippen LogP contribution >= 0.6 is 0 Å². The quantitative estimate of drug-likeness (QED) is 0.739. The Kier molecular flexibility index (Phi) is 4.43. The maximum atomic E-state index is 13.0. The van der Waals surface area contributed by atoms with Crippen LogP contribution in [0.25, 0.3) is 0 Å². The van der Waals surface area contributed by atoms with Gasteiger partial charge in [-0.25, -0.2) is 4.39 Å². The predicted molar refractivity (Wildman–Crippen MR) is 84.3 cm³/mol. The molecule has 0 radical (unpaired) electrons. The fraction of sp³-hybridized carbons (Fsp3) is 0.333. The lowest BCUT2D eigenvalue weighted by molar-refractivity contribution is 0.628. The molecule has 2 heteroatoms. The monoisotopic (exact) mass is 271 g/mol. The SMILES string of the molecule is CC(C)c1cccc(C(C)C)c1Nc1ccc(F)cc1. The summed E-state index contributed by atoms with van der Waals surface area (Å²) in [5.41, 5.74) is 4.66. The highest BCUT2D eigenvalue weighted by molar-refractivity contribution is 5.68. The molecule has 0 aromatic heterocycles. The van der Waals surface area contributed by atoms with Crippen molar-refractivity contribution in [2.45, 2.75) is 39.5 Å². The maximum absolute atomic E-state index is 13.0. The molecule has 0 aliphatic carbocycles. The molecule has 20 heavy (non-hydrogen) atoms. The normalized spacial score (nSPS) is 11.2. The first kappa shape index (κ1) is 14.6. The Bertz CT molecular complexity index is 544. The largest absolute Gasteiger partial charge is 0.355 e. The number of hydrogen-bond donors (Lipinski definition) is 1. The zero-order valence-electron chi connectivity index (χ0n) is 12.6. The van der Waals surface area contributed by atoms with E-state index < -0.39 is 0 Å². The van der Waals surface area contributed by atoms with Gasteiger partial charge >= 0.3 is 0 Å². The Morgan fingerprint density at radius 2 is 1.30 bits per heavy atom. The number of halogens is 1. The first-order chi connectivity index (χ1) is 9.49. The number of rotatable bonds is 4. The summed E-state index contributed by atoms with van der Waals surface area (Å²) in [6.07, 6.45) is 0. The molecular formula is C18H22FN. The zero-order chi connectivity index (χ0) is 14.7. The average molecular weight is 271 g/mol. The molecule has 1 nitrogen and oxygen atoms in total. The van der Waals surface area contributed by atoms with E-state index in [1.807, 2.05) is 0 Å². The molecule has 0 aliphatic rings. The topological polar surface area (TPSA) is 12.0 Å². The number of anilines is 2. The van der Waals surface area contributed by atoms with E-state index >= 15 is 0 Å². The summed E-state index contributed by atoms with van der Waals surface area (Å²) in [5.74, 6) is 0.671. The molecule has 0 aliphatic heterocycles. The van der Waals surface area contributed by atoms with Gasteiger partial charge in [0.2, 0.25) is 0 Å². The van der Waals surface area contributed by atoms with Crippen LogP contribution in [0.2, 0.25) is 0 Å². The van der Waals surface area contributed by atoms with E-state index in [4.69, 9.17) is 0 Å². The molecule has 0 unspecified atom stereocenters. The van der Waals surface area contributed by atoms with Crippen LogP contribution in [0.1, 0.15) is 50.7 Å². The van der Waals surface area contributed by atoms with Crippen LogP contribution in [0.3, 0.4) is 0 Å². The van der Waals surface area contributed by atoms with Crippen molar-refractivity contribution >= 4 is 11.4 Å². The number of para-hydroxylation sites is 1. The van der Waals surface area contributed by atoms with E-state index in [9.17, 15) is 4.39 Å². The summed E-state index contributed by atoms with van der Waals surface area (Å²) in [6.45, 7) is 8.76. The first-order valence-corrected chi connectivity index (χ1v) is 7.14. The van der Waals surface area contributed by atoms with Crippen LogP contribution in [-0.2, 0) is 0 Å². The Morgan fingerprint density at radius 3 is 1.75 bits per heavy atom. The van der Waals surface area contributed by atoms with Crippen molar-refractivity contribution in [1.82, 2.24) is 0 Å². The van der Waals surface area contributed by atoms with Gasteiger partial charge in [0, 0.05) is 11.4 Å². The lowest BCUT2D eigenvalue weighted by atomic mass is 9.92. The molecule has 0 saturated heterocycles. The van der Waals surface area contributed by atoms with Gasteiger partial charge in [-0.15, -0.1) is 0 Å². The van der Waals surface area contributed by atoms with Gasteiger partial charge in [0.05, 0.1) is 0 Å². The Balaban J connectivity index is 2.44. The lowest BCUT2D eigenvalue weighted by Crippen LogP contribution is -2.03. The summed E-state index contributed by atoms with van der Waals surface area (Å²) < 4.78 is 13.0. The molecule has 0 amide bonds. The van der Waals surface area contributed by atoms with E-state index in [2.05, 4.69) is 51.2 Å². The molecule has 0 spiro atoms. The van der Waals surface area contributed by atoms with Gasteiger partial charge in [0.25, 0.3) is 0 Å². The molecule has 2 aromatic rings. The van der Waals surface area contributed by atoms with Crippen LogP contribution in [-0.4, -0.2) is 0 Å². The van der Waals surface area contributed by atoms with Crippen molar-refractivity contribution in [3.8, 4) is 0 Å². The number of nitrogens with one attached hydrogen (secondary N) is 1. The second-order valence-electron chi connectivity index (χ2n) is 5.75. The van der Waals surface area contributed by atoms with Crippen LogP contribution in [0.5, 0.6) is 0 Å². The minimum absolute atomic E-state index is 0.211. The fourth-order valence-electron chi connectivity index (χ4n) is 2.37. The minimum atomic E-state index is -0.211. The highest BCUT2D eigenvalue weighted by Gasteiger charge is 2.13. The van der Waals surface area contributed by atoms with Crippen molar-refractivity contribution in [3.05, 3.63) is 59.4 Å². The molecular weight excluding hydrogens is 249 g/mol. The fourth-order valence-corrected chi connectivity index (χ4v) is 2.37. The van der Waals surface area contributed by atoms with Crippen molar-refractivity contribution in [2.24, 2.45) is 0 Å². The summed E-state index contributed by atoms with van der Waals surface area (Å²) in [7, 11) is 0. The Morgan fingerprint density at radius 1 is 0.800 bits per heavy atom. The van der Waals surface area contributed by atoms with E-state index in [0.717, 1.165) is 11.4 Å². The van der Waals surface area contributed by atoms with Crippen molar-refractivity contribution < 1.29 is 4.39 Å². The number of benzene rings is 2. The van der Waals surface area contributed by atoms with Crippen LogP contribution in [0, 0.1) is 5.82 Å². The summed E-state index contributed by atoms with van der Waals surface area (Å²) in [6, 6.07) is 12.9. The Hall–Kier alpha value is -1.83. The standard InChI is InChI=1S/C18H22FN/c1-12(2)16-6-5-7-17(13(3)4)18(16)20-15-10-8-14(19)9-11-15/h5-13,20H,1-4H3. The van der Waals surface area contributed by atoms with Gasteiger partial charge in [0.1, 0.15) is 5.82 Å². The second kappa shape index (κ2) is 6.08. The van der Waals surface area contributed by atoms with E-state index in [-0.39, 0.29) is 5.82 Å². The third kappa shape index (κ3) is 3.19. The highest BCUT2D eigenvalue weighted by Crippen LogP contribution is 2.34. The molecule has 2 rings (SSSR count). The van der Waals surface area contributed by atoms with E-state index in [1.165, 1.54) is 23.3 Å². The maximum Gasteiger partial charge on any atom is 0.123 e. The molecule has 1 N–H and O–H groups in total. The highest BCUT2D eigenvalue weighted by atomic mass is 19.1. The summed E-state index contributed by atoms with van der Waals surface area (Å²) in [4.78, 5) is 0. The predicted octanol–water partition coefficient (Wildman–Crippen LogP) is 5.82. The molecule has 0 atom stereocenters. The Labute approximate surface area is 120 Å². The second-order valence-corrected chi connectivity index (χ2v) is 5.75. The third-order valence-electron chi connectivity index (χ3n) is 3.49. The first-order valence-electron chi connectivity index (χ1n) is 7.14. The smallest absolute Gasteiger partial charge is 0.123 e. The van der Waals surface area contributed by atoms with Gasteiger partial charge in [-0.1, -0.05) is 45.9 Å². The third-order valence-corrected chi connectivity index (χ3v) is 3.49. The molecule has 0 heterocycles. The van der Waals surface area contributed by atoms with E-state index in [1.54, 1.807) is 12.1 Å². The van der Waals surface area contributed by atoms with Crippen LogP contribution < -0.4 is 5.32 Å². The minimum Gasteiger partial charge on any atom is -0.355 e. The van der Waals surface area contributed by atoms with Gasteiger partial charge in [0.15, 0.2) is 0 Å². The van der Waals surface area contributed by atoms with Crippen molar-refractivity contribution in [1.29, 1.82) is 0 Å². The van der Waals surface area contributed by atoms with Gasteiger partial charge in [-0.05, 0) is 47.2 Å². The zero-order valence-corrected chi connectivity index (χ0v) is 12.6. The summed E-state index contributed by atoms with van der Waals surface area (Å²) >= 11 is 0. The average Bonchev–Trinajstić information content (AvgIpc) is 2.41. The summed E-state index contributed by atoms with van der Waals surface area (Å²) in [5, 5.41) is 3.46. The van der Waals surface area contributed by atoms with Crippen molar-refractivity contribution in [2.75, 3.05) is 5.32 Å². The molecule has 106 valence electrons.